The van der Waals surface area contributed by atoms with Crippen molar-refractivity contribution in [1.82, 2.24) is 14.9 Å². The molecule has 3 amide bonds. The molecule has 0 aliphatic carbocycles. The molecule has 14 heteroatoms. The van der Waals surface area contributed by atoms with E-state index in [4.69, 9.17) is 21.3 Å². The molecule has 0 N–H and O–H groups in total. The molecule has 0 radical (unpaired) electrons. The van der Waals surface area contributed by atoms with E-state index >= 15 is 0 Å². The molecule has 5 heterocycles. The summed E-state index contributed by atoms with van der Waals surface area (Å²) < 4.78 is 46.6. The molecule has 0 bridgehead atoms. The molecule has 3 atom stereocenters. The van der Waals surface area contributed by atoms with E-state index in [1.807, 2.05) is 11.0 Å². The van der Waals surface area contributed by atoms with Crippen molar-refractivity contribution in [3.63, 3.8) is 0 Å². The van der Waals surface area contributed by atoms with Crippen molar-refractivity contribution < 1.29 is 32.3 Å². The van der Waals surface area contributed by atoms with Crippen LogP contribution in [0.2, 0.25) is 5.02 Å². The molecule has 0 saturated carbocycles. The smallest absolute Gasteiger partial charge is 0.382 e. The van der Waals surface area contributed by atoms with Gasteiger partial charge in [0, 0.05) is 58.0 Å². The van der Waals surface area contributed by atoms with E-state index in [1.54, 1.807) is 43.5 Å². The van der Waals surface area contributed by atoms with Crippen molar-refractivity contribution in [2.24, 2.45) is 5.92 Å². The molecule has 10 nitrogen and oxygen atoms in total. The van der Waals surface area contributed by atoms with Crippen LogP contribution in [0.3, 0.4) is 0 Å². The highest BCUT2D eigenvalue weighted by Gasteiger charge is 2.49. The number of aromatic nitrogens is 2. The fourth-order valence-electron chi connectivity index (χ4n) is 6.83. The number of ether oxygens (including phenoxy) is 1. The van der Waals surface area contributed by atoms with Crippen LogP contribution in [0.25, 0.3) is 0 Å². The largest absolute Gasteiger partial charge is 0.416 e. The first-order chi connectivity index (χ1) is 22.3. The molecular weight excluding hydrogens is 637 g/mol. The number of anilines is 3. The lowest BCUT2D eigenvalue weighted by molar-refractivity contribution is -0.137. The maximum atomic E-state index is 14.1. The third kappa shape index (κ3) is 5.82. The van der Waals surface area contributed by atoms with Gasteiger partial charge >= 0.3 is 6.18 Å². The Balaban J connectivity index is 1.39. The Kier molecular flexibility index (Phi) is 8.47. The van der Waals surface area contributed by atoms with Crippen molar-refractivity contribution in [1.29, 1.82) is 0 Å². The van der Waals surface area contributed by atoms with E-state index in [0.717, 1.165) is 33.9 Å². The highest BCUT2D eigenvalue weighted by molar-refractivity contribution is 6.34. The van der Waals surface area contributed by atoms with Gasteiger partial charge in [0.1, 0.15) is 11.9 Å². The number of hydrogen-bond donors (Lipinski definition) is 0. The van der Waals surface area contributed by atoms with Crippen LogP contribution >= 0.6 is 11.6 Å². The Morgan fingerprint density at radius 2 is 1.98 bits per heavy atom. The molecule has 1 fully saturated rings. The van der Waals surface area contributed by atoms with E-state index < -0.39 is 35.5 Å². The quantitative estimate of drug-likeness (QED) is 0.338. The van der Waals surface area contributed by atoms with Gasteiger partial charge in [-0.25, -0.2) is 4.98 Å². The van der Waals surface area contributed by atoms with Crippen LogP contribution in [0.1, 0.15) is 40.5 Å². The van der Waals surface area contributed by atoms with E-state index in [1.165, 1.54) is 17.9 Å². The Labute approximate surface area is 274 Å². The van der Waals surface area contributed by atoms with Crippen LogP contribution in [-0.2, 0) is 38.4 Å². The molecule has 1 aromatic carbocycles. The topological polar surface area (TPSA) is 99.2 Å². The van der Waals surface area contributed by atoms with E-state index in [-0.39, 0.29) is 49.6 Å². The third-order valence-electron chi connectivity index (χ3n) is 8.87. The average molecular weight is 669 g/mol. The molecule has 2 aromatic heterocycles. The van der Waals surface area contributed by atoms with Crippen molar-refractivity contribution >= 4 is 46.5 Å². The van der Waals surface area contributed by atoms with Crippen molar-refractivity contribution in [2.75, 3.05) is 42.0 Å². The minimum atomic E-state index is -4.66. The lowest BCUT2D eigenvalue weighted by Crippen LogP contribution is -2.52. The van der Waals surface area contributed by atoms with E-state index in [2.05, 4.69) is 11.6 Å². The van der Waals surface area contributed by atoms with Crippen molar-refractivity contribution in [3.8, 4) is 0 Å². The molecule has 1 unspecified atom stereocenters. The van der Waals surface area contributed by atoms with Crippen molar-refractivity contribution in [2.45, 2.75) is 44.7 Å². The summed E-state index contributed by atoms with van der Waals surface area (Å²) in [5.41, 5.74) is 2.54. The number of para-hydroxylation sites is 1. The molecule has 0 spiro atoms. The van der Waals surface area contributed by atoms with Gasteiger partial charge in [-0.2, -0.15) is 13.2 Å². The maximum absolute atomic E-state index is 14.1. The standard InChI is InChI=1S/C33H32ClF3N6O4/c1-5-27(44)42-16-20-10-19(13-38-29(20)25(42)17-47-4)14-41-15-21-11-28(45)43(26-12-22(33(35,36)37)9-18(2)39-26)30(21)32(46)40(3)24-8-6-7-23(34)31(24)41/h5-10,12-13,21,25,30H,1,11,14-17H2,2-4H3/t21-,25?,30+/m1/s1. The second-order valence-electron chi connectivity index (χ2n) is 11.9. The number of carbonyl (C=O) groups is 3. The molecule has 3 aliphatic rings. The summed E-state index contributed by atoms with van der Waals surface area (Å²) in [6.07, 6.45) is -1.78. The van der Waals surface area contributed by atoms with Crippen LogP contribution < -0.4 is 14.7 Å². The average Bonchev–Trinajstić information content (AvgIpc) is 3.54. The third-order valence-corrected chi connectivity index (χ3v) is 9.18. The Morgan fingerprint density at radius 3 is 2.68 bits per heavy atom. The number of benzene rings is 1. The number of nitrogens with zero attached hydrogens (tertiary/aromatic N) is 6. The second kappa shape index (κ2) is 12.3. The zero-order valence-corrected chi connectivity index (χ0v) is 26.7. The van der Waals surface area contributed by atoms with Gasteiger partial charge in [0.05, 0.1) is 40.3 Å². The van der Waals surface area contributed by atoms with Crippen LogP contribution in [0, 0.1) is 12.8 Å². The number of hydrogen-bond acceptors (Lipinski definition) is 7. The van der Waals surface area contributed by atoms with Crippen molar-refractivity contribution in [3.05, 3.63) is 88.4 Å². The Hall–Kier alpha value is -4.49. The molecule has 1 saturated heterocycles. The van der Waals surface area contributed by atoms with Gasteiger partial charge in [-0.05, 0) is 54.5 Å². The number of halogens is 4. The fourth-order valence-corrected chi connectivity index (χ4v) is 7.12. The van der Waals surface area contributed by atoms with Crippen LogP contribution in [-0.4, -0.2) is 65.9 Å². The molecular formula is C33H32ClF3N6O4. The number of fused-ring (bicyclic) bond motifs is 3. The van der Waals surface area contributed by atoms with Gasteiger partial charge in [0.15, 0.2) is 0 Å². The lowest BCUT2D eigenvalue weighted by Gasteiger charge is -2.39. The van der Waals surface area contributed by atoms with Crippen LogP contribution in [0.15, 0.2) is 55.3 Å². The Bertz CT molecular complexity index is 1790. The predicted octanol–water partition coefficient (Wildman–Crippen LogP) is 5.08. The van der Waals surface area contributed by atoms with Crippen LogP contribution in [0.5, 0.6) is 0 Å². The zero-order chi connectivity index (χ0) is 33.8. The fraction of sp³-hybridized carbons (Fsp3) is 0.364. The summed E-state index contributed by atoms with van der Waals surface area (Å²) in [6, 6.07) is 7.35. The summed E-state index contributed by atoms with van der Waals surface area (Å²) >= 11 is 6.78. The number of likely N-dealkylation sites (N-methyl/N-ethyl adjacent to an activating group) is 1. The highest BCUT2D eigenvalue weighted by atomic mass is 35.5. The number of methoxy groups -OCH3 is 1. The summed E-state index contributed by atoms with van der Waals surface area (Å²) in [5, 5.41) is 0.383. The number of alkyl halides is 3. The summed E-state index contributed by atoms with van der Waals surface area (Å²) in [7, 11) is 3.11. The minimum absolute atomic E-state index is 0.0710. The van der Waals surface area contributed by atoms with Gasteiger partial charge < -0.3 is 19.4 Å². The molecule has 246 valence electrons. The molecule has 3 aliphatic heterocycles. The number of rotatable bonds is 6. The number of aryl methyl sites for hydroxylation is 1. The van der Waals surface area contributed by atoms with E-state index in [9.17, 15) is 27.6 Å². The van der Waals surface area contributed by atoms with Gasteiger partial charge in [0.25, 0.3) is 0 Å². The first kappa shape index (κ1) is 32.5. The first-order valence-corrected chi connectivity index (χ1v) is 15.3. The van der Waals surface area contributed by atoms with E-state index in [0.29, 0.717) is 22.9 Å². The van der Waals surface area contributed by atoms with Gasteiger partial charge in [-0.1, -0.05) is 24.2 Å². The van der Waals surface area contributed by atoms with Gasteiger partial charge in [0.2, 0.25) is 17.7 Å². The summed E-state index contributed by atoms with van der Waals surface area (Å²) in [5.74, 6) is -2.03. The minimum Gasteiger partial charge on any atom is -0.382 e. The van der Waals surface area contributed by atoms with Gasteiger partial charge in [-0.3, -0.25) is 24.3 Å². The zero-order valence-electron chi connectivity index (χ0n) is 25.9. The highest BCUT2D eigenvalue weighted by Crippen LogP contribution is 2.44. The second-order valence-corrected chi connectivity index (χ2v) is 12.3. The summed E-state index contributed by atoms with van der Waals surface area (Å²) in [4.78, 5) is 55.3. The van der Waals surface area contributed by atoms with Crippen LogP contribution in [0.4, 0.5) is 30.4 Å². The normalized spacial score (nSPS) is 21.0. The maximum Gasteiger partial charge on any atom is 0.416 e. The lowest BCUT2D eigenvalue weighted by atomic mass is 9.95. The number of pyridine rings is 2. The van der Waals surface area contributed by atoms with Gasteiger partial charge in [-0.15, -0.1) is 0 Å². The monoisotopic (exact) mass is 668 g/mol. The number of amides is 3. The predicted molar refractivity (Wildman–Crippen MR) is 169 cm³/mol. The summed E-state index contributed by atoms with van der Waals surface area (Å²) in [6.45, 7) is 6.08. The molecule has 3 aromatic rings. The SMILES string of the molecule is C=CC(=O)N1Cc2cc(CN3C[C@H]4CC(=O)N(c5cc(C(F)(F)F)cc(C)n5)[C@@H]4C(=O)N(C)c4cccc(Cl)c43)cnc2C1COC. The molecule has 6 rings (SSSR count). The number of carbonyl (C=O) groups excluding carboxylic acids is 3. The Morgan fingerprint density at radius 1 is 1.21 bits per heavy atom. The molecule has 47 heavy (non-hydrogen) atoms. The first-order valence-electron chi connectivity index (χ1n) is 14.9.